The van der Waals surface area contributed by atoms with Gasteiger partial charge in [0.1, 0.15) is 0 Å². The highest BCUT2D eigenvalue weighted by Gasteiger charge is 2.51. The van der Waals surface area contributed by atoms with E-state index in [4.69, 9.17) is 11.2 Å². The molecule has 186 valence electrons. The molecule has 2 aromatic rings. The molecule has 0 aromatic heterocycles. The zero-order valence-corrected chi connectivity index (χ0v) is 19.9. The number of aliphatic hydroxyl groups is 1. The molecule has 2 aliphatic carbocycles. The second kappa shape index (κ2) is 9.33. The first-order valence-corrected chi connectivity index (χ1v) is 11.9. The van der Waals surface area contributed by atoms with Crippen LogP contribution in [0, 0.1) is 12.3 Å². The number of rotatable bonds is 6. The molecule has 0 saturated heterocycles. The molecule has 2 aromatic carbocycles. The number of methoxy groups -OCH3 is 1. The van der Waals surface area contributed by atoms with Gasteiger partial charge in [-0.2, -0.15) is 13.2 Å². The van der Waals surface area contributed by atoms with Gasteiger partial charge < -0.3 is 14.7 Å². The van der Waals surface area contributed by atoms with E-state index in [-0.39, 0.29) is 23.6 Å². The van der Waals surface area contributed by atoms with Crippen LogP contribution in [0.15, 0.2) is 48.5 Å². The third-order valence-electron chi connectivity index (χ3n) is 7.55. The molecular formula is C28H30F3NO3. The lowest BCUT2D eigenvalue weighted by molar-refractivity contribution is -0.258. The predicted molar refractivity (Wildman–Crippen MR) is 127 cm³/mol. The van der Waals surface area contributed by atoms with Gasteiger partial charge in [-0.25, -0.2) is 0 Å². The number of hydrogen-bond donors (Lipinski definition) is 1. The van der Waals surface area contributed by atoms with Gasteiger partial charge in [-0.05, 0) is 80.8 Å². The average Bonchev–Trinajstić information content (AvgIpc) is 3.69. The topological polar surface area (TPSA) is 49.8 Å². The Morgan fingerprint density at radius 1 is 1.03 bits per heavy atom. The third kappa shape index (κ3) is 4.82. The van der Waals surface area contributed by atoms with Crippen LogP contribution in [-0.2, 0) is 15.9 Å². The zero-order valence-electron chi connectivity index (χ0n) is 19.9. The first kappa shape index (κ1) is 25.3. The summed E-state index contributed by atoms with van der Waals surface area (Å²) < 4.78 is 45.5. The highest BCUT2D eigenvalue weighted by molar-refractivity contribution is 5.95. The number of benzene rings is 2. The Labute approximate surface area is 204 Å². The summed E-state index contributed by atoms with van der Waals surface area (Å²) >= 11 is 0. The van der Waals surface area contributed by atoms with E-state index in [0.29, 0.717) is 12.5 Å². The summed E-state index contributed by atoms with van der Waals surface area (Å²) in [5.41, 5.74) is -1.51. The summed E-state index contributed by atoms with van der Waals surface area (Å²) in [5, 5.41) is 9.92. The van der Waals surface area contributed by atoms with E-state index in [1.807, 2.05) is 29.2 Å². The van der Waals surface area contributed by atoms with Crippen molar-refractivity contribution in [3.63, 3.8) is 0 Å². The molecule has 2 fully saturated rings. The normalized spacial score (nSPS) is 24.3. The smallest absolute Gasteiger partial charge is 0.376 e. The van der Waals surface area contributed by atoms with Crippen LogP contribution in [0.25, 0.3) is 0 Å². The largest absolute Gasteiger partial charge is 0.421 e. The van der Waals surface area contributed by atoms with E-state index < -0.39 is 17.4 Å². The number of nitrogens with zero attached hydrogens (tertiary/aromatic N) is 1. The zero-order chi connectivity index (χ0) is 25.4. The van der Waals surface area contributed by atoms with Crippen LogP contribution >= 0.6 is 0 Å². The molecule has 0 unspecified atom stereocenters. The van der Waals surface area contributed by atoms with E-state index in [9.17, 15) is 23.1 Å². The van der Waals surface area contributed by atoms with Crippen molar-refractivity contribution in [3.8, 4) is 12.3 Å². The van der Waals surface area contributed by atoms with Crippen molar-refractivity contribution in [2.24, 2.45) is 0 Å². The number of terminal acetylenes is 1. The Hall–Kier alpha value is -2.82. The predicted octanol–water partition coefficient (Wildman–Crippen LogP) is 5.53. The second-order valence-electron chi connectivity index (χ2n) is 9.74. The minimum Gasteiger partial charge on any atom is -0.376 e. The Balaban J connectivity index is 1.50. The average molecular weight is 486 g/mol. The molecule has 35 heavy (non-hydrogen) atoms. The van der Waals surface area contributed by atoms with Gasteiger partial charge in [-0.3, -0.25) is 4.79 Å². The molecule has 0 bridgehead atoms. The first-order chi connectivity index (χ1) is 16.5. The maximum atomic E-state index is 13.4. The number of hydrogen-bond acceptors (Lipinski definition) is 3. The summed E-state index contributed by atoms with van der Waals surface area (Å²) in [6.45, 7) is 0.713. The lowest BCUT2D eigenvalue weighted by Gasteiger charge is -2.43. The fraction of sp³-hybridized carbons (Fsp3) is 0.464. The molecule has 1 N–H and O–H groups in total. The third-order valence-corrected chi connectivity index (χ3v) is 7.55. The SMILES string of the molecule is C#Cc1ccc([C@]2(OC)CC[C@@H](N(C(=O)c3ccc([C@](C)(O)C(F)(F)F)cc3)C3CC3)CC2)cc1. The van der Waals surface area contributed by atoms with Crippen LogP contribution in [0.5, 0.6) is 0 Å². The molecule has 2 saturated carbocycles. The summed E-state index contributed by atoms with van der Waals surface area (Å²) in [6.07, 6.45) is 5.51. The molecule has 7 heteroatoms. The number of halogens is 3. The quantitative estimate of drug-likeness (QED) is 0.548. The van der Waals surface area contributed by atoms with Gasteiger partial charge in [0.05, 0.1) is 5.60 Å². The van der Waals surface area contributed by atoms with Gasteiger partial charge in [0.15, 0.2) is 5.60 Å². The lowest BCUT2D eigenvalue weighted by atomic mass is 9.76. The molecule has 0 spiro atoms. The van der Waals surface area contributed by atoms with Gasteiger partial charge >= 0.3 is 6.18 Å². The van der Waals surface area contributed by atoms with Crippen LogP contribution in [-0.4, -0.2) is 41.3 Å². The number of carbonyl (C=O) groups excluding carboxylic acids is 1. The minimum absolute atomic E-state index is 0.0289. The maximum absolute atomic E-state index is 13.4. The van der Waals surface area contributed by atoms with Crippen molar-refractivity contribution < 1.29 is 27.8 Å². The van der Waals surface area contributed by atoms with E-state index in [2.05, 4.69) is 5.92 Å². The Morgan fingerprint density at radius 2 is 1.57 bits per heavy atom. The molecule has 1 atom stereocenters. The summed E-state index contributed by atoms with van der Waals surface area (Å²) in [7, 11) is 1.71. The van der Waals surface area contributed by atoms with Gasteiger partial charge in [0.2, 0.25) is 0 Å². The maximum Gasteiger partial charge on any atom is 0.421 e. The first-order valence-electron chi connectivity index (χ1n) is 11.9. The molecule has 0 aliphatic heterocycles. The number of alkyl halides is 3. The van der Waals surface area contributed by atoms with Crippen LogP contribution in [0.4, 0.5) is 13.2 Å². The van der Waals surface area contributed by atoms with Crippen molar-refractivity contribution in [2.45, 2.75) is 74.9 Å². The van der Waals surface area contributed by atoms with Gasteiger partial charge in [-0.1, -0.05) is 30.2 Å². The van der Waals surface area contributed by atoms with E-state index in [0.717, 1.165) is 49.7 Å². The number of amides is 1. The minimum atomic E-state index is -4.81. The highest BCUT2D eigenvalue weighted by atomic mass is 19.4. The summed E-state index contributed by atoms with van der Waals surface area (Å²) in [5.74, 6) is 2.44. The standard InChI is InChI=1S/C28H30F3NO3/c1-4-19-5-9-22(10-6-19)27(35-3)17-15-24(16-18-27)32(23-13-14-23)25(33)20-7-11-21(12-8-20)26(2,34)28(29,30)31/h1,5-12,23-24,34H,13-18H2,2-3H3/t24-,26-,27+/m0/s1. The van der Waals surface area contributed by atoms with Gasteiger partial charge in [0.25, 0.3) is 5.91 Å². The fourth-order valence-electron chi connectivity index (χ4n) is 5.06. The molecule has 2 aliphatic rings. The molecule has 4 rings (SSSR count). The Kier molecular flexibility index (Phi) is 6.74. The van der Waals surface area contributed by atoms with Crippen molar-refractivity contribution in [2.75, 3.05) is 7.11 Å². The van der Waals surface area contributed by atoms with Gasteiger partial charge in [0, 0.05) is 30.3 Å². The molecule has 1 amide bonds. The van der Waals surface area contributed by atoms with E-state index in [1.165, 1.54) is 24.3 Å². The van der Waals surface area contributed by atoms with Crippen LogP contribution < -0.4 is 0 Å². The van der Waals surface area contributed by atoms with Crippen LogP contribution in [0.2, 0.25) is 0 Å². The fourth-order valence-corrected chi connectivity index (χ4v) is 5.06. The van der Waals surface area contributed by atoms with Crippen LogP contribution in [0.1, 0.15) is 72.5 Å². The van der Waals surface area contributed by atoms with Crippen LogP contribution in [0.3, 0.4) is 0 Å². The van der Waals surface area contributed by atoms with Crippen molar-refractivity contribution in [1.29, 1.82) is 0 Å². The molecule has 0 radical (unpaired) electrons. The highest BCUT2D eigenvalue weighted by Crippen LogP contribution is 2.44. The summed E-state index contributed by atoms with van der Waals surface area (Å²) in [4.78, 5) is 15.4. The van der Waals surface area contributed by atoms with Gasteiger partial charge in [-0.15, -0.1) is 6.42 Å². The Morgan fingerprint density at radius 3 is 2.03 bits per heavy atom. The van der Waals surface area contributed by atoms with E-state index >= 15 is 0 Å². The number of carbonyl (C=O) groups is 1. The monoisotopic (exact) mass is 485 g/mol. The number of ether oxygens (including phenoxy) is 1. The second-order valence-corrected chi connectivity index (χ2v) is 9.74. The van der Waals surface area contributed by atoms with Crippen molar-refractivity contribution >= 4 is 5.91 Å². The van der Waals surface area contributed by atoms with Crippen molar-refractivity contribution in [3.05, 3.63) is 70.8 Å². The summed E-state index contributed by atoms with van der Waals surface area (Å²) in [6, 6.07) is 13.1. The Bertz CT molecular complexity index is 1090. The molecule has 0 heterocycles. The lowest BCUT2D eigenvalue weighted by Crippen LogP contribution is -2.47. The molecular weight excluding hydrogens is 455 g/mol. The molecule has 4 nitrogen and oxygen atoms in total. The van der Waals surface area contributed by atoms with E-state index in [1.54, 1.807) is 7.11 Å². The van der Waals surface area contributed by atoms with Crippen molar-refractivity contribution in [1.82, 2.24) is 4.90 Å².